The van der Waals surface area contributed by atoms with Crippen molar-refractivity contribution >= 4 is 34.3 Å². The van der Waals surface area contributed by atoms with E-state index in [0.717, 1.165) is 16.8 Å². The number of carbonyl (C=O) groups excluding carboxylic acids is 1. The molecule has 1 N–H and O–H groups in total. The zero-order valence-corrected chi connectivity index (χ0v) is 16.8. The van der Waals surface area contributed by atoms with E-state index >= 15 is 0 Å². The van der Waals surface area contributed by atoms with Crippen LogP contribution in [0.1, 0.15) is 24.5 Å². The van der Waals surface area contributed by atoms with Crippen LogP contribution in [-0.4, -0.2) is 20.7 Å². The number of hydrogen-bond donors (Lipinski definition) is 1. The van der Waals surface area contributed by atoms with Gasteiger partial charge in [-0.15, -0.1) is 0 Å². The molecule has 3 aromatic rings. The largest absolute Gasteiger partial charge is 0.325 e. The van der Waals surface area contributed by atoms with Gasteiger partial charge in [0.15, 0.2) is 5.16 Å². The highest BCUT2D eigenvalue weighted by atomic mass is 32.2. The fourth-order valence-electron chi connectivity index (χ4n) is 2.84. The van der Waals surface area contributed by atoms with Gasteiger partial charge in [0.05, 0.1) is 16.2 Å². The third kappa shape index (κ3) is 4.06. The summed E-state index contributed by atoms with van der Waals surface area (Å²) in [4.78, 5) is 30.0. The number of nitrogens with zero attached hydrogens (tertiary/aromatic N) is 2. The van der Waals surface area contributed by atoms with E-state index in [1.807, 2.05) is 57.2 Å². The van der Waals surface area contributed by atoms with Gasteiger partial charge in [-0.1, -0.05) is 43.0 Å². The fourth-order valence-corrected chi connectivity index (χ4v) is 3.82. The number of aromatic nitrogens is 2. The number of anilines is 1. The molecule has 1 unspecified atom stereocenters. The SMILES string of the molecule is CCC(Sc1nc2ccccc2c(=O)n1C)C(=O)Nc1cc(C)ccc1C. The quantitative estimate of drug-likeness (QED) is 0.535. The summed E-state index contributed by atoms with van der Waals surface area (Å²) in [5, 5.41) is 3.80. The van der Waals surface area contributed by atoms with Crippen molar-refractivity contribution in [3.8, 4) is 0 Å². The van der Waals surface area contributed by atoms with E-state index in [4.69, 9.17) is 0 Å². The van der Waals surface area contributed by atoms with Crippen molar-refractivity contribution in [2.75, 3.05) is 5.32 Å². The summed E-state index contributed by atoms with van der Waals surface area (Å²) < 4.78 is 1.51. The first-order valence-corrected chi connectivity index (χ1v) is 9.79. The van der Waals surface area contributed by atoms with Gasteiger partial charge in [-0.05, 0) is 49.6 Å². The summed E-state index contributed by atoms with van der Waals surface area (Å²) >= 11 is 1.32. The van der Waals surface area contributed by atoms with Gasteiger partial charge < -0.3 is 5.32 Å². The Hall–Kier alpha value is -2.60. The van der Waals surface area contributed by atoms with E-state index < -0.39 is 0 Å². The van der Waals surface area contributed by atoms with Crippen LogP contribution in [0.25, 0.3) is 10.9 Å². The molecule has 2 aromatic carbocycles. The number of carbonyl (C=O) groups is 1. The first-order chi connectivity index (χ1) is 12.9. The summed E-state index contributed by atoms with van der Waals surface area (Å²) in [5.74, 6) is -0.0846. The Morgan fingerprint density at radius 3 is 2.70 bits per heavy atom. The van der Waals surface area contributed by atoms with Gasteiger partial charge in [-0.3, -0.25) is 14.2 Å². The third-order valence-corrected chi connectivity index (χ3v) is 5.91. The van der Waals surface area contributed by atoms with Crippen molar-refractivity contribution in [3.05, 3.63) is 63.9 Å². The smallest absolute Gasteiger partial charge is 0.261 e. The Balaban J connectivity index is 1.87. The molecule has 0 spiro atoms. The van der Waals surface area contributed by atoms with E-state index in [-0.39, 0.29) is 16.7 Å². The molecule has 1 heterocycles. The van der Waals surface area contributed by atoms with Crippen LogP contribution < -0.4 is 10.9 Å². The van der Waals surface area contributed by atoms with Crippen molar-refractivity contribution in [1.82, 2.24) is 9.55 Å². The number of para-hydroxylation sites is 1. The summed E-state index contributed by atoms with van der Waals surface area (Å²) in [6.07, 6.45) is 0.629. The van der Waals surface area contributed by atoms with Crippen LogP contribution in [0.15, 0.2) is 52.4 Å². The number of thioether (sulfide) groups is 1. The van der Waals surface area contributed by atoms with Gasteiger partial charge in [0.1, 0.15) is 0 Å². The van der Waals surface area contributed by atoms with E-state index in [0.29, 0.717) is 22.5 Å². The highest BCUT2D eigenvalue weighted by Crippen LogP contribution is 2.26. The molecule has 27 heavy (non-hydrogen) atoms. The maximum absolute atomic E-state index is 12.8. The molecule has 0 aliphatic carbocycles. The molecule has 0 bridgehead atoms. The van der Waals surface area contributed by atoms with Gasteiger partial charge >= 0.3 is 0 Å². The van der Waals surface area contributed by atoms with E-state index in [1.165, 1.54) is 16.3 Å². The van der Waals surface area contributed by atoms with E-state index in [1.54, 1.807) is 13.1 Å². The van der Waals surface area contributed by atoms with E-state index in [2.05, 4.69) is 10.3 Å². The van der Waals surface area contributed by atoms with E-state index in [9.17, 15) is 9.59 Å². The van der Waals surface area contributed by atoms with Crippen molar-refractivity contribution in [1.29, 1.82) is 0 Å². The minimum Gasteiger partial charge on any atom is -0.325 e. The number of nitrogens with one attached hydrogen (secondary N) is 1. The van der Waals surface area contributed by atoms with Gasteiger partial charge in [0.25, 0.3) is 5.56 Å². The summed E-state index contributed by atoms with van der Waals surface area (Å²) in [5.41, 5.74) is 3.47. The number of rotatable bonds is 5. The Morgan fingerprint density at radius 2 is 1.96 bits per heavy atom. The molecule has 3 rings (SSSR count). The lowest BCUT2D eigenvalue weighted by atomic mass is 10.1. The molecule has 0 saturated carbocycles. The Morgan fingerprint density at radius 1 is 1.22 bits per heavy atom. The number of amides is 1. The summed E-state index contributed by atoms with van der Waals surface area (Å²) in [7, 11) is 1.69. The van der Waals surface area contributed by atoms with Gasteiger partial charge in [0, 0.05) is 12.7 Å². The highest BCUT2D eigenvalue weighted by molar-refractivity contribution is 8.00. The van der Waals surface area contributed by atoms with Crippen LogP contribution >= 0.6 is 11.8 Å². The van der Waals surface area contributed by atoms with Gasteiger partial charge in [-0.25, -0.2) is 4.98 Å². The predicted molar refractivity (Wildman–Crippen MR) is 111 cm³/mol. The van der Waals surface area contributed by atoms with Gasteiger partial charge in [0.2, 0.25) is 5.91 Å². The minimum atomic E-state index is -0.343. The Bertz CT molecular complexity index is 1060. The first kappa shape index (κ1) is 19.2. The zero-order chi connectivity index (χ0) is 19.6. The molecular weight excluding hydrogens is 358 g/mol. The number of aryl methyl sites for hydroxylation is 2. The van der Waals surface area contributed by atoms with Crippen molar-refractivity contribution in [2.45, 2.75) is 37.6 Å². The molecule has 1 aromatic heterocycles. The number of fused-ring (bicyclic) bond motifs is 1. The molecule has 0 radical (unpaired) electrons. The maximum atomic E-state index is 12.8. The fraction of sp³-hybridized carbons (Fsp3) is 0.286. The topological polar surface area (TPSA) is 64.0 Å². The van der Waals surface area contributed by atoms with Crippen molar-refractivity contribution < 1.29 is 4.79 Å². The Labute approximate surface area is 162 Å². The van der Waals surface area contributed by atoms with Crippen LogP contribution in [0, 0.1) is 13.8 Å². The standard InChI is InChI=1S/C21H23N3O2S/c1-5-18(19(25)22-17-12-13(2)10-11-14(17)3)27-21-23-16-9-7-6-8-15(16)20(26)24(21)4/h6-12,18H,5H2,1-4H3,(H,22,25). The van der Waals surface area contributed by atoms with Crippen LogP contribution in [0.4, 0.5) is 5.69 Å². The first-order valence-electron chi connectivity index (χ1n) is 8.91. The third-order valence-electron chi connectivity index (χ3n) is 4.50. The monoisotopic (exact) mass is 381 g/mol. The zero-order valence-electron chi connectivity index (χ0n) is 15.9. The Kier molecular flexibility index (Phi) is 5.65. The van der Waals surface area contributed by atoms with Crippen molar-refractivity contribution in [3.63, 3.8) is 0 Å². The second-order valence-corrected chi connectivity index (χ2v) is 7.77. The maximum Gasteiger partial charge on any atom is 0.261 e. The number of hydrogen-bond acceptors (Lipinski definition) is 4. The van der Waals surface area contributed by atoms with Gasteiger partial charge in [-0.2, -0.15) is 0 Å². The normalized spacial score (nSPS) is 12.1. The van der Waals surface area contributed by atoms with Crippen LogP contribution in [0.5, 0.6) is 0 Å². The highest BCUT2D eigenvalue weighted by Gasteiger charge is 2.21. The molecule has 1 amide bonds. The second kappa shape index (κ2) is 7.96. The van der Waals surface area contributed by atoms with Crippen LogP contribution in [0.2, 0.25) is 0 Å². The van der Waals surface area contributed by atoms with Crippen LogP contribution in [-0.2, 0) is 11.8 Å². The molecular formula is C21H23N3O2S. The molecule has 0 aliphatic rings. The number of benzene rings is 2. The van der Waals surface area contributed by atoms with Crippen molar-refractivity contribution in [2.24, 2.45) is 7.05 Å². The van der Waals surface area contributed by atoms with Crippen LogP contribution in [0.3, 0.4) is 0 Å². The molecule has 1 atom stereocenters. The second-order valence-electron chi connectivity index (χ2n) is 6.60. The molecule has 5 nitrogen and oxygen atoms in total. The average molecular weight is 382 g/mol. The molecule has 140 valence electrons. The summed E-state index contributed by atoms with van der Waals surface area (Å²) in [6, 6.07) is 13.2. The molecule has 0 saturated heterocycles. The molecule has 0 aliphatic heterocycles. The molecule has 0 fully saturated rings. The lowest BCUT2D eigenvalue weighted by Gasteiger charge is -2.17. The summed E-state index contributed by atoms with van der Waals surface area (Å²) in [6.45, 7) is 5.92. The lowest BCUT2D eigenvalue weighted by Crippen LogP contribution is -2.27. The minimum absolute atomic E-state index is 0.0846. The molecule has 6 heteroatoms. The predicted octanol–water partition coefficient (Wildman–Crippen LogP) is 4.06. The average Bonchev–Trinajstić information content (AvgIpc) is 2.66. The lowest BCUT2D eigenvalue weighted by molar-refractivity contribution is -0.115.